The van der Waals surface area contributed by atoms with Crippen LogP contribution >= 0.6 is 0 Å². The maximum atomic E-state index is 15.4. The number of carbonyl (C=O) groups is 3. The van der Waals surface area contributed by atoms with E-state index in [1.807, 2.05) is 83.8 Å². The first-order chi connectivity index (χ1) is 19.1. The third-order valence-corrected chi connectivity index (χ3v) is 9.23. The molecule has 0 saturated carbocycles. The lowest BCUT2D eigenvalue weighted by Crippen LogP contribution is -2.59. The summed E-state index contributed by atoms with van der Waals surface area (Å²) < 4.78 is 0. The van der Waals surface area contributed by atoms with Crippen LogP contribution in [0.5, 0.6) is 0 Å². The molecular weight excluding hydrogens is 484 g/mol. The molecule has 3 aromatic carbocycles. The molecule has 1 amide bonds. The first-order valence-corrected chi connectivity index (χ1v) is 14.3. The SMILES string of the molecule is O=C(Cc1ccccc1)C1(c2ccccc2)C(=O)C(c2ccccc2)C23CCCCCN2CCCN(C3)C1=O. The number of benzene rings is 3. The monoisotopic (exact) mass is 520 g/mol. The fourth-order valence-corrected chi connectivity index (χ4v) is 7.45. The van der Waals surface area contributed by atoms with Crippen molar-refractivity contribution in [2.75, 3.05) is 26.2 Å². The fourth-order valence-electron chi connectivity index (χ4n) is 7.45. The van der Waals surface area contributed by atoms with E-state index in [2.05, 4.69) is 4.90 Å². The highest BCUT2D eigenvalue weighted by molar-refractivity contribution is 6.31. The minimum Gasteiger partial charge on any atom is -0.339 e. The lowest BCUT2D eigenvalue weighted by atomic mass is 9.62. The van der Waals surface area contributed by atoms with Crippen molar-refractivity contribution in [3.8, 4) is 0 Å². The van der Waals surface area contributed by atoms with Gasteiger partial charge in [-0.15, -0.1) is 0 Å². The van der Waals surface area contributed by atoms with Gasteiger partial charge in [-0.2, -0.15) is 0 Å². The minimum atomic E-state index is -1.89. The Morgan fingerprint density at radius 2 is 1.38 bits per heavy atom. The Kier molecular flexibility index (Phi) is 6.94. The number of hydrogen-bond acceptors (Lipinski definition) is 4. The molecular formula is C34H36N2O3. The average molecular weight is 521 g/mol. The Hall–Kier alpha value is -3.57. The van der Waals surface area contributed by atoms with Crippen LogP contribution in [-0.4, -0.2) is 59.0 Å². The van der Waals surface area contributed by atoms with Gasteiger partial charge in [-0.25, -0.2) is 0 Å². The van der Waals surface area contributed by atoms with E-state index >= 15 is 4.79 Å². The summed E-state index contributed by atoms with van der Waals surface area (Å²) in [6.07, 6.45) is 4.90. The highest BCUT2D eigenvalue weighted by Crippen LogP contribution is 2.49. The van der Waals surface area contributed by atoms with E-state index in [9.17, 15) is 9.59 Å². The van der Waals surface area contributed by atoms with Gasteiger partial charge in [0.15, 0.2) is 17.0 Å². The fraction of sp³-hybridized carbons (Fsp3) is 0.382. The van der Waals surface area contributed by atoms with Crippen LogP contribution in [0, 0.1) is 0 Å². The molecule has 3 aliphatic heterocycles. The van der Waals surface area contributed by atoms with Gasteiger partial charge < -0.3 is 4.90 Å². The number of Topliss-reactive ketones (excluding diaryl/α,β-unsaturated/α-hetero) is 2. The molecule has 2 bridgehead atoms. The van der Waals surface area contributed by atoms with Gasteiger partial charge in [0.05, 0.1) is 11.5 Å². The van der Waals surface area contributed by atoms with Crippen molar-refractivity contribution in [3.63, 3.8) is 0 Å². The van der Waals surface area contributed by atoms with Crippen LogP contribution in [0.25, 0.3) is 0 Å². The molecule has 6 rings (SSSR count). The zero-order valence-corrected chi connectivity index (χ0v) is 22.4. The third kappa shape index (κ3) is 4.24. The van der Waals surface area contributed by atoms with Crippen LogP contribution in [0.1, 0.15) is 54.7 Å². The van der Waals surface area contributed by atoms with E-state index < -0.39 is 16.9 Å². The molecule has 3 aliphatic rings. The van der Waals surface area contributed by atoms with Crippen LogP contribution in [0.4, 0.5) is 0 Å². The summed E-state index contributed by atoms with van der Waals surface area (Å²) in [6.45, 7) is 2.80. The van der Waals surface area contributed by atoms with Gasteiger partial charge in [-0.3, -0.25) is 19.3 Å². The Morgan fingerprint density at radius 3 is 2.10 bits per heavy atom. The quantitative estimate of drug-likeness (QED) is 0.447. The van der Waals surface area contributed by atoms with E-state index in [4.69, 9.17) is 0 Å². The summed E-state index contributed by atoms with van der Waals surface area (Å²) in [7, 11) is 0. The number of carbonyl (C=O) groups excluding carboxylic acids is 3. The predicted octanol–water partition coefficient (Wildman–Crippen LogP) is 4.95. The van der Waals surface area contributed by atoms with Crippen molar-refractivity contribution < 1.29 is 14.4 Å². The van der Waals surface area contributed by atoms with E-state index in [1.165, 1.54) is 0 Å². The largest absolute Gasteiger partial charge is 0.339 e. The van der Waals surface area contributed by atoms with Crippen LogP contribution in [-0.2, 0) is 26.2 Å². The van der Waals surface area contributed by atoms with Crippen molar-refractivity contribution in [2.45, 2.75) is 55.4 Å². The molecule has 0 aromatic heterocycles. The minimum absolute atomic E-state index is 0.0271. The number of nitrogens with zero attached hydrogens (tertiary/aromatic N) is 2. The van der Waals surface area contributed by atoms with Gasteiger partial charge in [0, 0.05) is 26.1 Å². The van der Waals surface area contributed by atoms with E-state index in [1.54, 1.807) is 12.1 Å². The Bertz CT molecular complexity index is 1340. The molecule has 0 radical (unpaired) electrons. The second-order valence-electron chi connectivity index (χ2n) is 11.4. The summed E-state index contributed by atoms with van der Waals surface area (Å²) in [5.41, 5.74) is -0.229. The Morgan fingerprint density at radius 1 is 0.744 bits per heavy atom. The second-order valence-corrected chi connectivity index (χ2v) is 11.4. The number of fused-ring (bicyclic) bond motifs is 1. The number of amides is 1. The molecule has 3 saturated heterocycles. The van der Waals surface area contributed by atoms with Gasteiger partial charge in [-0.05, 0) is 42.5 Å². The number of ketones is 2. The van der Waals surface area contributed by atoms with Gasteiger partial charge in [0.1, 0.15) is 0 Å². The van der Waals surface area contributed by atoms with Crippen molar-refractivity contribution >= 4 is 17.5 Å². The van der Waals surface area contributed by atoms with Gasteiger partial charge in [0.2, 0.25) is 5.91 Å². The molecule has 5 nitrogen and oxygen atoms in total. The van der Waals surface area contributed by atoms with E-state index in [0.717, 1.165) is 56.3 Å². The molecule has 39 heavy (non-hydrogen) atoms. The Balaban J connectivity index is 1.62. The first kappa shape index (κ1) is 25.7. The zero-order chi connectivity index (χ0) is 26.9. The predicted molar refractivity (Wildman–Crippen MR) is 151 cm³/mol. The molecule has 5 heteroatoms. The molecule has 0 aliphatic carbocycles. The molecule has 3 heterocycles. The number of hydrogen-bond donors (Lipinski definition) is 0. The smallest absolute Gasteiger partial charge is 0.248 e. The molecule has 200 valence electrons. The van der Waals surface area contributed by atoms with Crippen molar-refractivity contribution in [3.05, 3.63) is 108 Å². The lowest BCUT2D eigenvalue weighted by Gasteiger charge is -2.47. The second kappa shape index (κ2) is 10.5. The maximum absolute atomic E-state index is 15.4. The maximum Gasteiger partial charge on any atom is 0.248 e. The lowest BCUT2D eigenvalue weighted by molar-refractivity contribution is -0.148. The van der Waals surface area contributed by atoms with Crippen molar-refractivity contribution in [2.24, 2.45) is 0 Å². The average Bonchev–Trinajstić information content (AvgIpc) is 3.30. The molecule has 0 N–H and O–H groups in total. The van der Waals surface area contributed by atoms with Gasteiger partial charge in [0.25, 0.3) is 0 Å². The van der Waals surface area contributed by atoms with E-state index in [-0.39, 0.29) is 23.9 Å². The third-order valence-electron chi connectivity index (χ3n) is 9.23. The number of rotatable bonds is 5. The summed E-state index contributed by atoms with van der Waals surface area (Å²) >= 11 is 0. The first-order valence-electron chi connectivity index (χ1n) is 14.3. The highest BCUT2D eigenvalue weighted by Gasteiger charge is 2.65. The highest BCUT2D eigenvalue weighted by atomic mass is 16.2. The van der Waals surface area contributed by atoms with E-state index in [0.29, 0.717) is 18.7 Å². The standard InChI is InChI=1S/C34H36N2O3/c37-29(24-26-14-5-1-6-15-26)34(28-18-9-3-10-19-28)31(38)30(27-16-7-2-8-17-27)33-20-11-4-12-22-36(33)23-13-21-35(25-33)32(34)39/h1-3,5-10,14-19,30H,4,11-13,20-25H2. The molecule has 3 unspecified atom stereocenters. The normalized spacial score (nSPS) is 27.7. The summed E-state index contributed by atoms with van der Waals surface area (Å²) in [4.78, 5) is 49.3. The van der Waals surface area contributed by atoms with Crippen molar-refractivity contribution in [1.82, 2.24) is 9.80 Å². The van der Waals surface area contributed by atoms with Crippen LogP contribution in [0.3, 0.4) is 0 Å². The van der Waals surface area contributed by atoms with Gasteiger partial charge in [-0.1, -0.05) is 104 Å². The van der Waals surface area contributed by atoms with Crippen LogP contribution in [0.15, 0.2) is 91.0 Å². The van der Waals surface area contributed by atoms with Crippen LogP contribution < -0.4 is 0 Å². The van der Waals surface area contributed by atoms with Crippen LogP contribution in [0.2, 0.25) is 0 Å². The summed E-state index contributed by atoms with van der Waals surface area (Å²) in [6, 6.07) is 28.6. The zero-order valence-electron chi connectivity index (χ0n) is 22.4. The topological polar surface area (TPSA) is 57.7 Å². The Labute approximate surface area is 230 Å². The molecule has 3 fully saturated rings. The molecule has 1 spiro atoms. The summed E-state index contributed by atoms with van der Waals surface area (Å²) in [5, 5.41) is 0. The molecule has 3 aromatic rings. The summed E-state index contributed by atoms with van der Waals surface area (Å²) in [5.74, 6) is -1.53. The van der Waals surface area contributed by atoms with Gasteiger partial charge >= 0.3 is 0 Å². The van der Waals surface area contributed by atoms with Crippen molar-refractivity contribution in [1.29, 1.82) is 0 Å². The molecule has 3 atom stereocenters.